The molecule has 0 aliphatic carbocycles. The van der Waals surface area contributed by atoms with Crippen molar-refractivity contribution in [2.24, 2.45) is 0 Å². The SMILES string of the molecule is CC1(OC(=O)Nc2ccccc2-c2ccccc2)CCN(CCCCCCCCN2CCOCCOCCOCC2)CC1. The Morgan fingerprint density at radius 3 is 1.84 bits per heavy atom. The molecule has 0 spiro atoms. The number of para-hydroxylation sites is 1. The van der Waals surface area contributed by atoms with Gasteiger partial charge in [-0.15, -0.1) is 0 Å². The summed E-state index contributed by atoms with van der Waals surface area (Å²) in [7, 11) is 0. The zero-order valence-electron chi connectivity index (χ0n) is 26.3. The van der Waals surface area contributed by atoms with Crippen LogP contribution in [0.3, 0.4) is 0 Å². The van der Waals surface area contributed by atoms with E-state index in [-0.39, 0.29) is 6.09 Å². The first-order valence-electron chi connectivity index (χ1n) is 16.4. The number of carbonyl (C=O) groups is 1. The van der Waals surface area contributed by atoms with Crippen LogP contribution in [0.5, 0.6) is 0 Å². The van der Waals surface area contributed by atoms with Crippen LogP contribution in [0.15, 0.2) is 54.6 Å². The zero-order valence-corrected chi connectivity index (χ0v) is 26.3. The summed E-state index contributed by atoms with van der Waals surface area (Å²) in [4.78, 5) is 17.9. The molecular formula is C35H53N3O5. The quantitative estimate of drug-likeness (QED) is 0.282. The maximum atomic E-state index is 12.9. The summed E-state index contributed by atoms with van der Waals surface area (Å²) in [5.74, 6) is 0. The summed E-state index contributed by atoms with van der Waals surface area (Å²) in [6, 6.07) is 18.0. The molecule has 43 heavy (non-hydrogen) atoms. The predicted octanol–water partition coefficient (Wildman–Crippen LogP) is 6.46. The Bertz CT molecular complexity index is 1030. The Balaban J connectivity index is 1.05. The van der Waals surface area contributed by atoms with E-state index in [2.05, 4.69) is 22.0 Å². The predicted molar refractivity (Wildman–Crippen MR) is 173 cm³/mol. The zero-order chi connectivity index (χ0) is 30.0. The number of piperidine rings is 1. The third-order valence-corrected chi connectivity index (χ3v) is 8.55. The number of likely N-dealkylation sites (tertiary alicyclic amines) is 1. The third kappa shape index (κ3) is 12.6. The lowest BCUT2D eigenvalue weighted by Crippen LogP contribution is -2.46. The molecule has 2 heterocycles. The number of amides is 1. The van der Waals surface area contributed by atoms with E-state index >= 15 is 0 Å². The van der Waals surface area contributed by atoms with Crippen molar-refractivity contribution in [2.75, 3.05) is 84.2 Å². The highest BCUT2D eigenvalue weighted by Crippen LogP contribution is 2.30. The van der Waals surface area contributed by atoms with Gasteiger partial charge < -0.3 is 23.8 Å². The lowest BCUT2D eigenvalue weighted by molar-refractivity contribution is -0.0163. The van der Waals surface area contributed by atoms with Gasteiger partial charge in [0.05, 0.1) is 45.3 Å². The first-order chi connectivity index (χ1) is 21.1. The van der Waals surface area contributed by atoms with Gasteiger partial charge in [0.25, 0.3) is 0 Å². The van der Waals surface area contributed by atoms with Crippen molar-refractivity contribution < 1.29 is 23.7 Å². The van der Waals surface area contributed by atoms with E-state index in [4.69, 9.17) is 18.9 Å². The van der Waals surface area contributed by atoms with E-state index in [0.717, 1.165) is 82.1 Å². The number of hydrogen-bond acceptors (Lipinski definition) is 7. The molecule has 2 aromatic rings. The van der Waals surface area contributed by atoms with Crippen LogP contribution in [0.1, 0.15) is 58.3 Å². The van der Waals surface area contributed by atoms with Gasteiger partial charge in [0.2, 0.25) is 0 Å². The molecule has 2 aliphatic rings. The average molecular weight is 596 g/mol. The molecule has 2 fully saturated rings. The Morgan fingerprint density at radius 1 is 0.698 bits per heavy atom. The molecule has 1 N–H and O–H groups in total. The molecule has 0 saturated carbocycles. The van der Waals surface area contributed by atoms with Crippen molar-refractivity contribution in [3.8, 4) is 11.1 Å². The Kier molecular flexibility index (Phi) is 14.8. The van der Waals surface area contributed by atoms with E-state index in [1.165, 1.54) is 38.5 Å². The van der Waals surface area contributed by atoms with E-state index in [1.807, 2.05) is 54.6 Å². The molecule has 2 aliphatic heterocycles. The van der Waals surface area contributed by atoms with Gasteiger partial charge >= 0.3 is 6.09 Å². The van der Waals surface area contributed by atoms with E-state index < -0.39 is 5.60 Å². The molecule has 8 heteroatoms. The lowest BCUT2D eigenvalue weighted by Gasteiger charge is -2.38. The van der Waals surface area contributed by atoms with Crippen molar-refractivity contribution in [3.05, 3.63) is 54.6 Å². The van der Waals surface area contributed by atoms with Gasteiger partial charge in [-0.2, -0.15) is 0 Å². The standard InChI is InChI=1S/C35H53N3O5/c1-35(43-34(39)36-33-16-10-9-15-32(33)31-13-7-6-8-14-31)17-21-37(22-18-35)19-11-4-2-3-5-12-20-38-23-25-40-27-29-42-30-28-41-26-24-38/h6-10,13-16H,2-5,11-12,17-30H2,1H3,(H,36,39). The molecule has 0 unspecified atom stereocenters. The molecule has 2 aromatic carbocycles. The second kappa shape index (κ2) is 19.0. The van der Waals surface area contributed by atoms with Crippen LogP contribution in [0.2, 0.25) is 0 Å². The second-order valence-electron chi connectivity index (χ2n) is 12.0. The number of carbonyl (C=O) groups excluding carboxylic acids is 1. The third-order valence-electron chi connectivity index (χ3n) is 8.55. The van der Waals surface area contributed by atoms with Gasteiger partial charge in [0.1, 0.15) is 5.60 Å². The van der Waals surface area contributed by atoms with Gasteiger partial charge in [-0.1, -0.05) is 74.2 Å². The number of benzene rings is 2. The van der Waals surface area contributed by atoms with Crippen LogP contribution in [0.25, 0.3) is 11.1 Å². The van der Waals surface area contributed by atoms with Crippen LogP contribution in [0.4, 0.5) is 10.5 Å². The highest BCUT2D eigenvalue weighted by atomic mass is 16.6. The normalized spacial score (nSPS) is 19.2. The van der Waals surface area contributed by atoms with Gasteiger partial charge in [0, 0.05) is 31.7 Å². The van der Waals surface area contributed by atoms with Crippen molar-refractivity contribution in [1.29, 1.82) is 0 Å². The Hall–Kier alpha value is -2.49. The molecular weight excluding hydrogens is 542 g/mol. The number of anilines is 1. The van der Waals surface area contributed by atoms with Crippen molar-refractivity contribution in [3.63, 3.8) is 0 Å². The summed E-state index contributed by atoms with van der Waals surface area (Å²) < 4.78 is 22.8. The lowest BCUT2D eigenvalue weighted by atomic mass is 9.93. The molecule has 0 radical (unpaired) electrons. The average Bonchev–Trinajstić information content (AvgIpc) is 3.01. The van der Waals surface area contributed by atoms with Crippen LogP contribution in [0, 0.1) is 0 Å². The number of ether oxygens (including phenoxy) is 4. The molecule has 1 amide bonds. The Morgan fingerprint density at radius 2 is 1.21 bits per heavy atom. The number of hydrogen-bond donors (Lipinski definition) is 1. The molecule has 2 saturated heterocycles. The topological polar surface area (TPSA) is 72.5 Å². The minimum absolute atomic E-state index is 0.376. The fraction of sp³-hybridized carbons (Fsp3) is 0.629. The largest absolute Gasteiger partial charge is 0.443 e. The fourth-order valence-corrected chi connectivity index (χ4v) is 5.82. The maximum Gasteiger partial charge on any atom is 0.412 e. The number of rotatable bonds is 12. The molecule has 0 aromatic heterocycles. The molecule has 0 bridgehead atoms. The molecule has 4 rings (SSSR count). The number of unbranched alkanes of at least 4 members (excludes halogenated alkanes) is 5. The van der Waals surface area contributed by atoms with Crippen molar-refractivity contribution in [2.45, 2.75) is 63.9 Å². The second-order valence-corrected chi connectivity index (χ2v) is 12.0. The molecule has 238 valence electrons. The smallest absolute Gasteiger partial charge is 0.412 e. The maximum absolute atomic E-state index is 12.9. The van der Waals surface area contributed by atoms with E-state index in [9.17, 15) is 4.79 Å². The number of nitrogens with zero attached hydrogens (tertiary/aromatic N) is 2. The number of nitrogens with one attached hydrogen (secondary N) is 1. The minimum Gasteiger partial charge on any atom is -0.443 e. The minimum atomic E-state index is -0.432. The Labute approximate surface area is 259 Å². The van der Waals surface area contributed by atoms with Gasteiger partial charge in [-0.3, -0.25) is 10.2 Å². The monoisotopic (exact) mass is 595 g/mol. The summed E-state index contributed by atoms with van der Waals surface area (Å²) >= 11 is 0. The van der Waals surface area contributed by atoms with Crippen molar-refractivity contribution >= 4 is 11.8 Å². The highest BCUT2D eigenvalue weighted by molar-refractivity contribution is 5.91. The highest BCUT2D eigenvalue weighted by Gasteiger charge is 2.33. The first kappa shape index (κ1) is 33.4. The van der Waals surface area contributed by atoms with Gasteiger partial charge in [-0.25, -0.2) is 4.79 Å². The van der Waals surface area contributed by atoms with Gasteiger partial charge in [-0.05, 0) is 57.3 Å². The van der Waals surface area contributed by atoms with Crippen LogP contribution in [-0.2, 0) is 18.9 Å². The van der Waals surface area contributed by atoms with Gasteiger partial charge in [0.15, 0.2) is 0 Å². The summed E-state index contributed by atoms with van der Waals surface area (Å²) in [6.07, 6.45) is 8.97. The summed E-state index contributed by atoms with van der Waals surface area (Å²) in [5, 5.41) is 3.00. The molecule has 8 nitrogen and oxygen atoms in total. The first-order valence-corrected chi connectivity index (χ1v) is 16.4. The van der Waals surface area contributed by atoms with E-state index in [0.29, 0.717) is 26.4 Å². The summed E-state index contributed by atoms with van der Waals surface area (Å²) in [5.41, 5.74) is 2.40. The van der Waals surface area contributed by atoms with Crippen molar-refractivity contribution in [1.82, 2.24) is 9.80 Å². The van der Waals surface area contributed by atoms with E-state index in [1.54, 1.807) is 0 Å². The fourth-order valence-electron chi connectivity index (χ4n) is 5.82. The van der Waals surface area contributed by atoms with Crippen LogP contribution >= 0.6 is 0 Å². The summed E-state index contributed by atoms with van der Waals surface area (Å²) in [6.45, 7) is 12.4. The van der Waals surface area contributed by atoms with Crippen LogP contribution in [-0.4, -0.2) is 100 Å². The van der Waals surface area contributed by atoms with Crippen LogP contribution < -0.4 is 5.32 Å². The molecule has 0 atom stereocenters.